The maximum atomic E-state index is 9.83. The van der Waals surface area contributed by atoms with Gasteiger partial charge in [0.25, 0.3) is 0 Å². The van der Waals surface area contributed by atoms with Gasteiger partial charge in [0.15, 0.2) is 0 Å². The average Bonchev–Trinajstić information content (AvgIpc) is 2.95. The van der Waals surface area contributed by atoms with Gasteiger partial charge in [-0.3, -0.25) is 0 Å². The minimum Gasteiger partial charge on any atom is -0.467 e. The maximum absolute atomic E-state index is 9.83. The van der Waals surface area contributed by atoms with Crippen LogP contribution in [0.4, 0.5) is 0 Å². The molecule has 17 heavy (non-hydrogen) atoms. The van der Waals surface area contributed by atoms with Crippen molar-refractivity contribution in [2.24, 2.45) is 0 Å². The first-order chi connectivity index (χ1) is 8.18. The minimum absolute atomic E-state index is 0.0176. The Balaban J connectivity index is 1.88. The molecular formula is C12H14BrNO3. The van der Waals surface area contributed by atoms with Crippen LogP contribution in [0, 0.1) is 0 Å². The Labute approximate surface area is 108 Å². The van der Waals surface area contributed by atoms with Gasteiger partial charge in [-0.05, 0) is 41.1 Å². The van der Waals surface area contributed by atoms with Crippen molar-refractivity contribution in [3.05, 3.63) is 46.7 Å². The van der Waals surface area contributed by atoms with Crippen molar-refractivity contribution < 1.29 is 13.9 Å². The van der Waals surface area contributed by atoms with Crippen LogP contribution in [-0.2, 0) is 0 Å². The lowest BCUT2D eigenvalue weighted by molar-refractivity contribution is 0.143. The molecule has 0 aliphatic carbocycles. The first kappa shape index (κ1) is 12.4. The monoisotopic (exact) mass is 299 g/mol. The summed E-state index contributed by atoms with van der Waals surface area (Å²) in [6.45, 7) is 2.38. The highest BCUT2D eigenvalue weighted by Crippen LogP contribution is 2.24. The topological polar surface area (TPSA) is 58.5 Å². The molecule has 0 fully saturated rings. The number of halogens is 1. The van der Waals surface area contributed by atoms with Gasteiger partial charge >= 0.3 is 0 Å². The fourth-order valence-corrected chi connectivity index (χ4v) is 2.12. The average molecular weight is 300 g/mol. The summed E-state index contributed by atoms with van der Waals surface area (Å²) in [5.74, 6) is 1.37. The third-order valence-electron chi connectivity index (χ3n) is 2.53. The summed E-state index contributed by atoms with van der Waals surface area (Å²) in [5.41, 5.74) is 0. The van der Waals surface area contributed by atoms with E-state index in [1.165, 1.54) is 0 Å². The quantitative estimate of drug-likeness (QED) is 0.891. The SMILES string of the molecule is CC(NCC(O)c1ccco1)c1occc1Br. The first-order valence-corrected chi connectivity index (χ1v) is 6.15. The Morgan fingerprint density at radius 2 is 2.18 bits per heavy atom. The number of rotatable bonds is 5. The van der Waals surface area contributed by atoms with Crippen molar-refractivity contribution in [1.29, 1.82) is 0 Å². The van der Waals surface area contributed by atoms with Gasteiger partial charge in [-0.25, -0.2) is 0 Å². The van der Waals surface area contributed by atoms with E-state index in [1.807, 2.05) is 13.0 Å². The summed E-state index contributed by atoms with van der Waals surface area (Å²) in [6, 6.07) is 5.37. The lowest BCUT2D eigenvalue weighted by Crippen LogP contribution is -2.24. The minimum atomic E-state index is -0.652. The van der Waals surface area contributed by atoms with Crippen molar-refractivity contribution in [3.8, 4) is 0 Å². The molecule has 2 unspecified atom stereocenters. The van der Waals surface area contributed by atoms with Gasteiger partial charge in [0.05, 0.1) is 23.0 Å². The lowest BCUT2D eigenvalue weighted by atomic mass is 10.2. The lowest BCUT2D eigenvalue weighted by Gasteiger charge is -2.14. The molecule has 2 aromatic heterocycles. The highest BCUT2D eigenvalue weighted by molar-refractivity contribution is 9.10. The van der Waals surface area contributed by atoms with Crippen LogP contribution in [0.25, 0.3) is 0 Å². The van der Waals surface area contributed by atoms with E-state index in [2.05, 4.69) is 21.2 Å². The van der Waals surface area contributed by atoms with Crippen molar-refractivity contribution in [2.45, 2.75) is 19.1 Å². The second-order valence-corrected chi connectivity index (χ2v) is 4.65. The van der Waals surface area contributed by atoms with E-state index in [0.717, 1.165) is 10.2 Å². The van der Waals surface area contributed by atoms with Gasteiger partial charge in [-0.15, -0.1) is 0 Å². The standard InChI is InChI=1S/C12H14BrNO3/c1-8(12-9(13)4-6-17-12)14-7-10(15)11-3-2-5-16-11/h2-6,8,10,14-15H,7H2,1H3. The van der Waals surface area contributed by atoms with Gasteiger partial charge in [0, 0.05) is 6.54 Å². The van der Waals surface area contributed by atoms with Crippen molar-refractivity contribution in [1.82, 2.24) is 5.32 Å². The molecule has 2 heterocycles. The molecule has 0 radical (unpaired) electrons. The molecule has 2 rings (SSSR count). The summed E-state index contributed by atoms with van der Waals surface area (Å²) in [7, 11) is 0. The van der Waals surface area contributed by atoms with Crippen LogP contribution in [0.3, 0.4) is 0 Å². The number of hydrogen-bond donors (Lipinski definition) is 2. The number of hydrogen-bond acceptors (Lipinski definition) is 4. The van der Waals surface area contributed by atoms with Gasteiger partial charge in [-0.1, -0.05) is 0 Å². The molecule has 0 spiro atoms. The van der Waals surface area contributed by atoms with Crippen molar-refractivity contribution in [3.63, 3.8) is 0 Å². The van der Waals surface area contributed by atoms with Crippen LogP contribution in [-0.4, -0.2) is 11.7 Å². The predicted octanol–water partition coefficient (Wildman–Crippen LogP) is 3.02. The van der Waals surface area contributed by atoms with Crippen LogP contribution in [0.5, 0.6) is 0 Å². The van der Waals surface area contributed by atoms with E-state index < -0.39 is 6.10 Å². The third kappa shape index (κ3) is 3.00. The second-order valence-electron chi connectivity index (χ2n) is 3.79. The van der Waals surface area contributed by atoms with E-state index in [1.54, 1.807) is 24.7 Å². The van der Waals surface area contributed by atoms with Crippen LogP contribution in [0.1, 0.15) is 30.6 Å². The summed E-state index contributed by atoms with van der Waals surface area (Å²) in [4.78, 5) is 0. The number of aliphatic hydroxyl groups excluding tert-OH is 1. The van der Waals surface area contributed by atoms with Crippen LogP contribution >= 0.6 is 15.9 Å². The molecular weight excluding hydrogens is 286 g/mol. The maximum Gasteiger partial charge on any atom is 0.134 e. The molecule has 0 amide bonds. The van der Waals surface area contributed by atoms with E-state index in [4.69, 9.17) is 8.83 Å². The molecule has 2 N–H and O–H groups in total. The summed E-state index contributed by atoms with van der Waals surface area (Å²) >= 11 is 3.40. The molecule has 0 bridgehead atoms. The highest BCUT2D eigenvalue weighted by atomic mass is 79.9. The zero-order chi connectivity index (χ0) is 12.3. The van der Waals surface area contributed by atoms with Crippen LogP contribution < -0.4 is 5.32 Å². The molecule has 0 saturated heterocycles. The predicted molar refractivity (Wildman–Crippen MR) is 66.5 cm³/mol. The molecule has 2 aromatic rings. The number of nitrogens with one attached hydrogen (secondary N) is 1. The van der Waals surface area contributed by atoms with Gasteiger partial charge in [0.1, 0.15) is 17.6 Å². The Hall–Kier alpha value is -1.04. The fraction of sp³-hybridized carbons (Fsp3) is 0.333. The molecule has 5 heteroatoms. The van der Waals surface area contributed by atoms with Crippen LogP contribution in [0.15, 0.2) is 44.0 Å². The van der Waals surface area contributed by atoms with E-state index >= 15 is 0 Å². The molecule has 0 aliphatic rings. The Morgan fingerprint density at radius 1 is 1.35 bits per heavy atom. The Bertz CT molecular complexity index is 452. The number of furan rings is 2. The third-order valence-corrected chi connectivity index (χ3v) is 3.18. The molecule has 2 atom stereocenters. The first-order valence-electron chi connectivity index (χ1n) is 5.36. The van der Waals surface area contributed by atoms with Crippen molar-refractivity contribution >= 4 is 15.9 Å². The summed E-state index contributed by atoms with van der Waals surface area (Å²) in [6.07, 6.45) is 2.52. The fourth-order valence-electron chi connectivity index (χ4n) is 1.58. The Morgan fingerprint density at radius 3 is 2.76 bits per heavy atom. The largest absolute Gasteiger partial charge is 0.467 e. The van der Waals surface area contributed by atoms with Gasteiger partial charge < -0.3 is 19.3 Å². The van der Waals surface area contributed by atoms with Gasteiger partial charge in [0.2, 0.25) is 0 Å². The normalized spacial score (nSPS) is 14.8. The summed E-state index contributed by atoms with van der Waals surface area (Å²) in [5, 5.41) is 13.0. The second kappa shape index (κ2) is 5.53. The molecule has 92 valence electrons. The smallest absolute Gasteiger partial charge is 0.134 e. The van der Waals surface area contributed by atoms with E-state index in [-0.39, 0.29) is 6.04 Å². The highest BCUT2D eigenvalue weighted by Gasteiger charge is 2.16. The zero-order valence-electron chi connectivity index (χ0n) is 9.39. The van der Waals surface area contributed by atoms with Crippen molar-refractivity contribution in [2.75, 3.05) is 6.54 Å². The summed E-state index contributed by atoms with van der Waals surface area (Å²) < 4.78 is 11.4. The number of aliphatic hydroxyl groups is 1. The van der Waals surface area contributed by atoms with E-state index in [0.29, 0.717) is 12.3 Å². The zero-order valence-corrected chi connectivity index (χ0v) is 11.0. The van der Waals surface area contributed by atoms with Gasteiger partial charge in [-0.2, -0.15) is 0 Å². The van der Waals surface area contributed by atoms with E-state index in [9.17, 15) is 5.11 Å². The molecule has 0 aliphatic heterocycles. The van der Waals surface area contributed by atoms with Crippen LogP contribution in [0.2, 0.25) is 0 Å². The molecule has 0 saturated carbocycles. The molecule has 0 aromatic carbocycles. The Kier molecular flexibility index (Phi) is 4.04. The molecule has 4 nitrogen and oxygen atoms in total.